The Hall–Kier alpha value is -0.340. The zero-order valence-corrected chi connectivity index (χ0v) is 9.40. The predicted octanol–water partition coefficient (Wildman–Crippen LogP) is 3.09. The lowest BCUT2D eigenvalue weighted by molar-refractivity contribution is 0.130. The molecule has 0 aliphatic rings. The minimum atomic E-state index is -0.199. The Morgan fingerprint density at radius 2 is 2.23 bits per heavy atom. The highest BCUT2D eigenvalue weighted by atomic mass is 32.1. The first-order valence-corrected chi connectivity index (χ1v) is 5.58. The lowest BCUT2D eigenvalue weighted by atomic mass is 9.83. The summed E-state index contributed by atoms with van der Waals surface area (Å²) in [5.41, 5.74) is 0.207. The standard InChI is InChI=1S/C11H18OS/c1-9(12)7-11(2,3)8-10-5-4-6-13-10/h4-6,9,12H,7-8H2,1-3H3. The molecule has 13 heavy (non-hydrogen) atoms. The van der Waals surface area contributed by atoms with Gasteiger partial charge in [-0.05, 0) is 36.6 Å². The molecule has 0 bridgehead atoms. The maximum atomic E-state index is 9.32. The number of thiophene rings is 1. The Bertz CT molecular complexity index is 237. The molecule has 1 nitrogen and oxygen atoms in total. The highest BCUT2D eigenvalue weighted by molar-refractivity contribution is 7.09. The molecule has 0 aliphatic heterocycles. The van der Waals surface area contributed by atoms with Crippen molar-refractivity contribution in [1.82, 2.24) is 0 Å². The van der Waals surface area contributed by atoms with Crippen LogP contribution in [-0.2, 0) is 6.42 Å². The van der Waals surface area contributed by atoms with Gasteiger partial charge >= 0.3 is 0 Å². The number of hydrogen-bond donors (Lipinski definition) is 1. The van der Waals surface area contributed by atoms with Crippen molar-refractivity contribution in [2.24, 2.45) is 5.41 Å². The van der Waals surface area contributed by atoms with Crippen molar-refractivity contribution in [1.29, 1.82) is 0 Å². The zero-order valence-electron chi connectivity index (χ0n) is 8.58. The number of aliphatic hydroxyl groups excluding tert-OH is 1. The molecule has 1 unspecified atom stereocenters. The van der Waals surface area contributed by atoms with Gasteiger partial charge in [-0.1, -0.05) is 19.9 Å². The molecule has 0 aromatic carbocycles. The molecule has 0 amide bonds. The van der Waals surface area contributed by atoms with Crippen molar-refractivity contribution in [2.45, 2.75) is 39.7 Å². The molecular formula is C11H18OS. The molecule has 0 aliphatic carbocycles. The van der Waals surface area contributed by atoms with Crippen molar-refractivity contribution in [3.05, 3.63) is 22.4 Å². The van der Waals surface area contributed by atoms with E-state index in [0.29, 0.717) is 0 Å². The quantitative estimate of drug-likeness (QED) is 0.788. The molecule has 1 rings (SSSR count). The van der Waals surface area contributed by atoms with Crippen molar-refractivity contribution in [3.63, 3.8) is 0 Å². The largest absolute Gasteiger partial charge is 0.393 e. The third-order valence-corrected chi connectivity index (χ3v) is 2.96. The molecular weight excluding hydrogens is 180 g/mol. The van der Waals surface area contributed by atoms with Crippen LogP contribution >= 0.6 is 11.3 Å². The summed E-state index contributed by atoms with van der Waals surface area (Å²) in [6.45, 7) is 6.27. The smallest absolute Gasteiger partial charge is 0.0517 e. The van der Waals surface area contributed by atoms with E-state index in [1.54, 1.807) is 11.3 Å². The monoisotopic (exact) mass is 198 g/mol. The van der Waals surface area contributed by atoms with E-state index in [2.05, 4.69) is 31.4 Å². The van der Waals surface area contributed by atoms with Gasteiger partial charge in [0.2, 0.25) is 0 Å². The summed E-state index contributed by atoms with van der Waals surface area (Å²) in [7, 11) is 0. The van der Waals surface area contributed by atoms with Crippen LogP contribution in [0, 0.1) is 5.41 Å². The van der Waals surface area contributed by atoms with Crippen LogP contribution < -0.4 is 0 Å². The van der Waals surface area contributed by atoms with E-state index in [4.69, 9.17) is 0 Å². The van der Waals surface area contributed by atoms with Crippen LogP contribution in [-0.4, -0.2) is 11.2 Å². The van der Waals surface area contributed by atoms with E-state index in [-0.39, 0.29) is 11.5 Å². The van der Waals surface area contributed by atoms with Gasteiger partial charge in [-0.3, -0.25) is 0 Å². The fourth-order valence-electron chi connectivity index (χ4n) is 1.76. The van der Waals surface area contributed by atoms with E-state index in [0.717, 1.165) is 12.8 Å². The Balaban J connectivity index is 2.51. The second kappa shape index (κ2) is 4.25. The number of aliphatic hydroxyl groups is 1. The van der Waals surface area contributed by atoms with Crippen LogP contribution in [0.15, 0.2) is 17.5 Å². The second-order valence-corrected chi connectivity index (χ2v) is 5.51. The number of hydrogen-bond acceptors (Lipinski definition) is 2. The Morgan fingerprint density at radius 1 is 1.54 bits per heavy atom. The maximum absolute atomic E-state index is 9.32. The SMILES string of the molecule is CC(O)CC(C)(C)Cc1cccs1. The van der Waals surface area contributed by atoms with E-state index in [9.17, 15) is 5.11 Å². The first-order chi connectivity index (χ1) is 5.99. The lowest BCUT2D eigenvalue weighted by Gasteiger charge is -2.25. The minimum Gasteiger partial charge on any atom is -0.393 e. The van der Waals surface area contributed by atoms with Crippen molar-refractivity contribution < 1.29 is 5.11 Å². The first-order valence-electron chi connectivity index (χ1n) is 4.70. The van der Waals surface area contributed by atoms with Gasteiger partial charge in [0.05, 0.1) is 6.10 Å². The van der Waals surface area contributed by atoms with Crippen LogP contribution in [0.5, 0.6) is 0 Å². The number of rotatable bonds is 4. The van der Waals surface area contributed by atoms with E-state index in [1.165, 1.54) is 4.88 Å². The Morgan fingerprint density at radius 3 is 2.69 bits per heavy atom. The van der Waals surface area contributed by atoms with Crippen LogP contribution in [0.3, 0.4) is 0 Å². The Labute approximate surface area is 84.4 Å². The van der Waals surface area contributed by atoms with Crippen LogP contribution in [0.1, 0.15) is 32.1 Å². The maximum Gasteiger partial charge on any atom is 0.0517 e. The molecule has 0 spiro atoms. The summed E-state index contributed by atoms with van der Waals surface area (Å²) in [4.78, 5) is 1.41. The normalized spacial score (nSPS) is 14.5. The van der Waals surface area contributed by atoms with Gasteiger partial charge < -0.3 is 5.11 Å². The van der Waals surface area contributed by atoms with Gasteiger partial charge in [0, 0.05) is 4.88 Å². The molecule has 74 valence electrons. The molecule has 1 aromatic heterocycles. The average Bonchev–Trinajstić information content (AvgIpc) is 2.34. The second-order valence-electron chi connectivity index (χ2n) is 4.47. The van der Waals surface area contributed by atoms with Crippen molar-refractivity contribution >= 4 is 11.3 Å². The van der Waals surface area contributed by atoms with Crippen LogP contribution in [0.2, 0.25) is 0 Å². The third-order valence-electron chi connectivity index (χ3n) is 2.08. The fraction of sp³-hybridized carbons (Fsp3) is 0.636. The van der Waals surface area contributed by atoms with E-state index < -0.39 is 0 Å². The molecule has 0 saturated heterocycles. The zero-order chi connectivity index (χ0) is 9.90. The molecule has 0 fully saturated rings. The van der Waals surface area contributed by atoms with Gasteiger partial charge in [-0.2, -0.15) is 0 Å². The minimum absolute atomic E-state index is 0.199. The summed E-state index contributed by atoms with van der Waals surface area (Å²) < 4.78 is 0. The molecule has 1 aromatic rings. The van der Waals surface area contributed by atoms with Gasteiger partial charge in [0.25, 0.3) is 0 Å². The topological polar surface area (TPSA) is 20.2 Å². The molecule has 1 atom stereocenters. The Kier molecular flexibility index (Phi) is 3.51. The molecule has 1 N–H and O–H groups in total. The summed E-state index contributed by atoms with van der Waals surface area (Å²) in [5.74, 6) is 0. The van der Waals surface area contributed by atoms with Gasteiger partial charge in [0.1, 0.15) is 0 Å². The molecule has 0 radical (unpaired) electrons. The highest BCUT2D eigenvalue weighted by Crippen LogP contribution is 2.29. The third kappa shape index (κ3) is 3.92. The van der Waals surface area contributed by atoms with E-state index >= 15 is 0 Å². The van der Waals surface area contributed by atoms with Crippen LogP contribution in [0.4, 0.5) is 0 Å². The van der Waals surface area contributed by atoms with Crippen LogP contribution in [0.25, 0.3) is 0 Å². The first kappa shape index (κ1) is 10.7. The van der Waals surface area contributed by atoms with Crippen molar-refractivity contribution in [3.8, 4) is 0 Å². The van der Waals surface area contributed by atoms with Crippen molar-refractivity contribution in [2.75, 3.05) is 0 Å². The molecule has 0 saturated carbocycles. The van der Waals surface area contributed by atoms with Gasteiger partial charge in [-0.15, -0.1) is 11.3 Å². The average molecular weight is 198 g/mol. The summed E-state index contributed by atoms with van der Waals surface area (Å²) in [6, 6.07) is 4.24. The summed E-state index contributed by atoms with van der Waals surface area (Å²) >= 11 is 1.80. The highest BCUT2D eigenvalue weighted by Gasteiger charge is 2.20. The summed E-state index contributed by atoms with van der Waals surface area (Å²) in [6.07, 6.45) is 1.73. The van der Waals surface area contributed by atoms with Gasteiger partial charge in [0.15, 0.2) is 0 Å². The molecule has 2 heteroatoms. The lowest BCUT2D eigenvalue weighted by Crippen LogP contribution is -2.20. The molecule has 1 heterocycles. The predicted molar refractivity (Wildman–Crippen MR) is 58.1 cm³/mol. The van der Waals surface area contributed by atoms with E-state index in [1.807, 2.05) is 6.92 Å². The fourth-order valence-corrected chi connectivity index (χ4v) is 2.72. The van der Waals surface area contributed by atoms with Gasteiger partial charge in [-0.25, -0.2) is 0 Å². The summed E-state index contributed by atoms with van der Waals surface area (Å²) in [5, 5.41) is 11.4.